The van der Waals surface area contributed by atoms with Crippen molar-refractivity contribution in [2.45, 2.75) is 31.4 Å². The molecule has 0 spiro atoms. The lowest BCUT2D eigenvalue weighted by Gasteiger charge is -2.19. The monoisotopic (exact) mass is 268 g/mol. The second-order valence-corrected chi connectivity index (χ2v) is 4.99. The summed E-state index contributed by atoms with van der Waals surface area (Å²) in [5.74, 6) is -0.154. The first kappa shape index (κ1) is 13.2. The third kappa shape index (κ3) is 2.94. The maximum absolute atomic E-state index is 12.1. The van der Waals surface area contributed by atoms with Gasteiger partial charge in [0.2, 0.25) is 0 Å². The molecular weight excluding hydrogens is 252 g/mol. The zero-order chi connectivity index (χ0) is 13.1. The Hall–Kier alpha value is -1.26. The minimum absolute atomic E-state index is 0.0720. The van der Waals surface area contributed by atoms with Gasteiger partial charge >= 0.3 is 0 Å². The minimum atomic E-state index is -0.154. The van der Waals surface area contributed by atoms with Crippen molar-refractivity contribution in [1.82, 2.24) is 5.32 Å². The summed E-state index contributed by atoms with van der Waals surface area (Å²) in [4.78, 5) is 12.1. The van der Waals surface area contributed by atoms with Gasteiger partial charge in [-0.25, -0.2) is 0 Å². The van der Waals surface area contributed by atoms with Crippen LogP contribution in [0, 0.1) is 0 Å². The molecule has 1 aliphatic rings. The number of carbonyl (C=O) groups is 1. The topological polar surface area (TPSA) is 64.3 Å². The number of nitrogen functional groups attached to an aromatic ring is 1. The number of nitrogens with two attached hydrogens (primary N) is 1. The minimum Gasteiger partial charge on any atom is -0.399 e. The van der Waals surface area contributed by atoms with Crippen molar-refractivity contribution in [2.75, 3.05) is 12.8 Å². The molecule has 4 nitrogen and oxygen atoms in total. The molecule has 1 fully saturated rings. The second-order valence-electron chi connectivity index (χ2n) is 4.56. The number of amides is 1. The van der Waals surface area contributed by atoms with E-state index in [1.807, 2.05) is 0 Å². The fourth-order valence-corrected chi connectivity index (χ4v) is 2.61. The van der Waals surface area contributed by atoms with E-state index in [9.17, 15) is 4.79 Å². The van der Waals surface area contributed by atoms with Crippen molar-refractivity contribution in [1.29, 1.82) is 0 Å². The number of halogens is 1. The molecule has 0 aliphatic heterocycles. The van der Waals surface area contributed by atoms with Crippen molar-refractivity contribution in [3.63, 3.8) is 0 Å². The summed E-state index contributed by atoms with van der Waals surface area (Å²) in [5.41, 5.74) is 6.65. The summed E-state index contributed by atoms with van der Waals surface area (Å²) in [6.07, 6.45) is 3.10. The van der Waals surface area contributed by atoms with Crippen molar-refractivity contribution < 1.29 is 9.53 Å². The maximum atomic E-state index is 12.1. The highest BCUT2D eigenvalue weighted by molar-refractivity contribution is 6.31. The van der Waals surface area contributed by atoms with Gasteiger partial charge in [-0.3, -0.25) is 4.79 Å². The first-order valence-corrected chi connectivity index (χ1v) is 6.37. The van der Waals surface area contributed by atoms with Crippen LogP contribution in [0.4, 0.5) is 5.69 Å². The highest BCUT2D eigenvalue weighted by atomic mass is 35.5. The van der Waals surface area contributed by atoms with Gasteiger partial charge in [-0.15, -0.1) is 0 Å². The van der Waals surface area contributed by atoms with Crippen LogP contribution < -0.4 is 11.1 Å². The number of hydrogen-bond donors (Lipinski definition) is 2. The molecule has 0 saturated heterocycles. The molecule has 98 valence electrons. The van der Waals surface area contributed by atoms with Crippen LogP contribution in [0.1, 0.15) is 29.6 Å². The molecule has 1 aliphatic carbocycles. The molecule has 0 radical (unpaired) electrons. The lowest BCUT2D eigenvalue weighted by Crippen LogP contribution is -2.40. The molecule has 2 atom stereocenters. The summed E-state index contributed by atoms with van der Waals surface area (Å²) >= 11 is 5.88. The van der Waals surface area contributed by atoms with Gasteiger partial charge in [0.05, 0.1) is 12.1 Å². The molecule has 0 heterocycles. The molecule has 1 aromatic carbocycles. The van der Waals surface area contributed by atoms with E-state index in [-0.39, 0.29) is 18.1 Å². The van der Waals surface area contributed by atoms with E-state index in [0.29, 0.717) is 16.3 Å². The molecule has 0 bridgehead atoms. The van der Waals surface area contributed by atoms with Crippen molar-refractivity contribution in [3.05, 3.63) is 28.8 Å². The summed E-state index contributed by atoms with van der Waals surface area (Å²) in [5, 5.41) is 3.44. The molecule has 18 heavy (non-hydrogen) atoms. The lowest BCUT2D eigenvalue weighted by molar-refractivity contribution is 0.0722. The maximum Gasteiger partial charge on any atom is 0.251 e. The van der Waals surface area contributed by atoms with Crippen LogP contribution in [0.3, 0.4) is 0 Å². The SMILES string of the molecule is COC1CCCC1NC(=O)c1cc(N)cc(Cl)c1. The average molecular weight is 269 g/mol. The van der Waals surface area contributed by atoms with Crippen LogP contribution in [-0.4, -0.2) is 25.2 Å². The Balaban J connectivity index is 2.07. The fraction of sp³-hybridized carbons (Fsp3) is 0.462. The van der Waals surface area contributed by atoms with Crippen LogP contribution >= 0.6 is 11.6 Å². The Morgan fingerprint density at radius 3 is 2.89 bits per heavy atom. The van der Waals surface area contributed by atoms with E-state index >= 15 is 0 Å². The van der Waals surface area contributed by atoms with Crippen molar-refractivity contribution in [2.24, 2.45) is 0 Å². The second kappa shape index (κ2) is 5.59. The predicted octanol–water partition coefficient (Wildman–Crippen LogP) is 2.22. The molecule has 5 heteroatoms. The lowest BCUT2D eigenvalue weighted by atomic mass is 10.1. The predicted molar refractivity (Wildman–Crippen MR) is 71.8 cm³/mol. The summed E-state index contributed by atoms with van der Waals surface area (Å²) in [6.45, 7) is 0. The van der Waals surface area contributed by atoms with E-state index in [0.717, 1.165) is 19.3 Å². The number of methoxy groups -OCH3 is 1. The van der Waals surface area contributed by atoms with E-state index in [1.165, 1.54) is 0 Å². The van der Waals surface area contributed by atoms with Crippen LogP contribution in [0.2, 0.25) is 5.02 Å². The number of nitrogens with one attached hydrogen (secondary N) is 1. The highest BCUT2D eigenvalue weighted by Crippen LogP contribution is 2.22. The molecule has 1 aromatic rings. The summed E-state index contributed by atoms with van der Waals surface area (Å²) < 4.78 is 5.34. The molecule has 1 saturated carbocycles. The van der Waals surface area contributed by atoms with E-state index in [4.69, 9.17) is 22.1 Å². The molecule has 0 aromatic heterocycles. The molecule has 2 rings (SSSR count). The van der Waals surface area contributed by atoms with Gasteiger partial charge < -0.3 is 15.8 Å². The Morgan fingerprint density at radius 1 is 1.44 bits per heavy atom. The fourth-order valence-electron chi connectivity index (χ4n) is 2.37. The largest absolute Gasteiger partial charge is 0.399 e. The third-order valence-electron chi connectivity index (χ3n) is 3.25. The van der Waals surface area contributed by atoms with Gasteiger partial charge in [0.1, 0.15) is 0 Å². The van der Waals surface area contributed by atoms with E-state index in [1.54, 1.807) is 25.3 Å². The van der Waals surface area contributed by atoms with Gasteiger partial charge in [-0.05, 0) is 37.5 Å². The number of ether oxygens (including phenoxy) is 1. The number of rotatable bonds is 3. The summed E-state index contributed by atoms with van der Waals surface area (Å²) in [7, 11) is 1.67. The van der Waals surface area contributed by atoms with Gasteiger partial charge in [0, 0.05) is 23.4 Å². The van der Waals surface area contributed by atoms with Gasteiger partial charge in [0.25, 0.3) is 5.91 Å². The van der Waals surface area contributed by atoms with Gasteiger partial charge in [0.15, 0.2) is 0 Å². The number of carbonyl (C=O) groups excluding carboxylic acids is 1. The highest BCUT2D eigenvalue weighted by Gasteiger charge is 2.28. The number of anilines is 1. The third-order valence-corrected chi connectivity index (χ3v) is 3.47. The van der Waals surface area contributed by atoms with E-state index < -0.39 is 0 Å². The Kier molecular flexibility index (Phi) is 4.09. The number of benzene rings is 1. The first-order valence-electron chi connectivity index (χ1n) is 6.00. The molecule has 3 N–H and O–H groups in total. The Morgan fingerprint density at radius 2 is 2.22 bits per heavy atom. The van der Waals surface area contributed by atoms with Gasteiger partial charge in [-0.1, -0.05) is 11.6 Å². The van der Waals surface area contributed by atoms with Crippen molar-refractivity contribution in [3.8, 4) is 0 Å². The zero-order valence-electron chi connectivity index (χ0n) is 10.3. The standard InChI is InChI=1S/C13H17ClN2O2/c1-18-12-4-2-3-11(12)16-13(17)8-5-9(14)7-10(15)6-8/h5-7,11-12H,2-4,15H2,1H3,(H,16,17). The number of hydrogen-bond acceptors (Lipinski definition) is 3. The van der Waals surface area contributed by atoms with Crippen LogP contribution in [0.5, 0.6) is 0 Å². The summed E-state index contributed by atoms with van der Waals surface area (Å²) in [6, 6.07) is 4.93. The zero-order valence-corrected chi connectivity index (χ0v) is 11.0. The first-order chi connectivity index (χ1) is 8.60. The van der Waals surface area contributed by atoms with Crippen LogP contribution in [-0.2, 0) is 4.74 Å². The molecule has 2 unspecified atom stereocenters. The van der Waals surface area contributed by atoms with Crippen molar-refractivity contribution >= 4 is 23.2 Å². The normalized spacial score (nSPS) is 23.0. The molecule has 1 amide bonds. The van der Waals surface area contributed by atoms with E-state index in [2.05, 4.69) is 5.32 Å². The quantitative estimate of drug-likeness (QED) is 0.826. The Bertz CT molecular complexity index is 430. The molecular formula is C13H17ClN2O2. The van der Waals surface area contributed by atoms with Gasteiger partial charge in [-0.2, -0.15) is 0 Å². The van der Waals surface area contributed by atoms with Crippen LogP contribution in [0.25, 0.3) is 0 Å². The average Bonchev–Trinajstić information content (AvgIpc) is 2.75. The smallest absolute Gasteiger partial charge is 0.251 e. The van der Waals surface area contributed by atoms with Crippen LogP contribution in [0.15, 0.2) is 18.2 Å². The Labute approximate surface area is 111 Å².